The second-order valence-corrected chi connectivity index (χ2v) is 8.36. The standard InChI is InChI=1S/C26H25Cl2FN2O3/c1-2-30-26(33)23(15-18-9-4-3-5-10-18)31(16-19-20(27)11-8-12-21(19)28)25(32)17-34-24-14-7-6-13-22(24)29/h3-14,23H,2,15-17H2,1H3,(H,30,33)/t23-/m0/s1. The van der Waals surface area contributed by atoms with Crippen molar-refractivity contribution >= 4 is 35.0 Å². The Morgan fingerprint density at radius 1 is 0.971 bits per heavy atom. The number of carbonyl (C=O) groups is 2. The van der Waals surface area contributed by atoms with Gasteiger partial charge in [0.05, 0.1) is 0 Å². The smallest absolute Gasteiger partial charge is 0.261 e. The van der Waals surface area contributed by atoms with Crippen LogP contribution in [0.4, 0.5) is 4.39 Å². The lowest BCUT2D eigenvalue weighted by molar-refractivity contribution is -0.142. The number of halogens is 3. The molecule has 3 aromatic carbocycles. The van der Waals surface area contributed by atoms with Gasteiger partial charge in [-0.15, -0.1) is 0 Å². The first-order valence-corrected chi connectivity index (χ1v) is 11.6. The van der Waals surface area contributed by atoms with E-state index in [9.17, 15) is 14.0 Å². The van der Waals surface area contributed by atoms with Gasteiger partial charge < -0.3 is 15.0 Å². The van der Waals surface area contributed by atoms with Crippen molar-refractivity contribution in [2.45, 2.75) is 25.9 Å². The van der Waals surface area contributed by atoms with Gasteiger partial charge in [-0.1, -0.05) is 71.7 Å². The molecule has 0 unspecified atom stereocenters. The van der Waals surface area contributed by atoms with Crippen molar-refractivity contribution in [1.29, 1.82) is 0 Å². The molecule has 0 aliphatic heterocycles. The average molecular weight is 503 g/mol. The summed E-state index contributed by atoms with van der Waals surface area (Å²) in [5.74, 6) is -1.47. The van der Waals surface area contributed by atoms with Crippen LogP contribution in [0.5, 0.6) is 5.75 Å². The number of hydrogen-bond donors (Lipinski definition) is 1. The second-order valence-electron chi connectivity index (χ2n) is 7.54. The maximum absolute atomic E-state index is 14.0. The Morgan fingerprint density at radius 2 is 1.62 bits per heavy atom. The van der Waals surface area contributed by atoms with Gasteiger partial charge in [-0.25, -0.2) is 4.39 Å². The molecule has 0 saturated heterocycles. The number of amides is 2. The van der Waals surface area contributed by atoms with Gasteiger partial charge in [-0.2, -0.15) is 0 Å². The van der Waals surface area contributed by atoms with E-state index in [4.69, 9.17) is 27.9 Å². The Labute approximate surface area is 208 Å². The molecule has 2 amide bonds. The third kappa shape index (κ3) is 6.72. The third-order valence-electron chi connectivity index (χ3n) is 5.20. The van der Waals surface area contributed by atoms with Crippen molar-refractivity contribution in [2.24, 2.45) is 0 Å². The quantitative estimate of drug-likeness (QED) is 0.409. The molecule has 1 N–H and O–H groups in total. The Hall–Kier alpha value is -3.09. The topological polar surface area (TPSA) is 58.6 Å². The fourth-order valence-corrected chi connectivity index (χ4v) is 4.00. The first-order chi connectivity index (χ1) is 16.4. The van der Waals surface area contributed by atoms with E-state index in [-0.39, 0.29) is 24.6 Å². The first kappa shape index (κ1) is 25.5. The fourth-order valence-electron chi connectivity index (χ4n) is 3.48. The van der Waals surface area contributed by atoms with Crippen molar-refractivity contribution < 1.29 is 18.7 Å². The molecule has 1 atom stereocenters. The van der Waals surface area contributed by atoms with E-state index >= 15 is 0 Å². The van der Waals surface area contributed by atoms with Crippen LogP contribution < -0.4 is 10.1 Å². The number of rotatable bonds is 10. The highest BCUT2D eigenvalue weighted by Crippen LogP contribution is 2.27. The second kappa shape index (κ2) is 12.4. The number of benzene rings is 3. The lowest BCUT2D eigenvalue weighted by Crippen LogP contribution is -2.51. The Balaban J connectivity index is 1.95. The zero-order valence-corrected chi connectivity index (χ0v) is 20.2. The number of hydrogen-bond acceptors (Lipinski definition) is 3. The van der Waals surface area contributed by atoms with Gasteiger partial charge in [0.15, 0.2) is 18.2 Å². The summed E-state index contributed by atoms with van der Waals surface area (Å²) < 4.78 is 19.5. The van der Waals surface area contributed by atoms with Crippen LogP contribution in [-0.2, 0) is 22.6 Å². The van der Waals surface area contributed by atoms with E-state index in [1.54, 1.807) is 31.2 Å². The highest BCUT2D eigenvalue weighted by Gasteiger charge is 2.31. The minimum absolute atomic E-state index is 0.0212. The predicted molar refractivity (Wildman–Crippen MR) is 132 cm³/mol. The van der Waals surface area contributed by atoms with Crippen LogP contribution in [0, 0.1) is 5.82 Å². The molecule has 0 spiro atoms. The van der Waals surface area contributed by atoms with Crippen molar-refractivity contribution in [2.75, 3.05) is 13.2 Å². The molecule has 0 heterocycles. The molecule has 0 aliphatic rings. The van der Waals surface area contributed by atoms with Crippen LogP contribution in [0.15, 0.2) is 72.8 Å². The van der Waals surface area contributed by atoms with Crippen LogP contribution in [0.3, 0.4) is 0 Å². The zero-order chi connectivity index (χ0) is 24.5. The van der Waals surface area contributed by atoms with Crippen molar-refractivity contribution in [3.8, 4) is 5.75 Å². The summed E-state index contributed by atoms with van der Waals surface area (Å²) in [7, 11) is 0. The minimum Gasteiger partial charge on any atom is -0.481 e. The zero-order valence-electron chi connectivity index (χ0n) is 18.6. The Morgan fingerprint density at radius 3 is 2.26 bits per heavy atom. The number of carbonyl (C=O) groups excluding carboxylic acids is 2. The largest absolute Gasteiger partial charge is 0.481 e. The normalized spacial score (nSPS) is 11.5. The average Bonchev–Trinajstić information content (AvgIpc) is 2.83. The van der Waals surface area contributed by atoms with Gasteiger partial charge in [0, 0.05) is 35.1 Å². The lowest BCUT2D eigenvalue weighted by Gasteiger charge is -2.32. The number of nitrogens with one attached hydrogen (secondary N) is 1. The highest BCUT2D eigenvalue weighted by atomic mass is 35.5. The highest BCUT2D eigenvalue weighted by molar-refractivity contribution is 6.36. The van der Waals surface area contributed by atoms with Gasteiger partial charge in [0.25, 0.3) is 5.91 Å². The molecule has 5 nitrogen and oxygen atoms in total. The number of ether oxygens (including phenoxy) is 1. The Kier molecular flexibility index (Phi) is 9.31. The summed E-state index contributed by atoms with van der Waals surface area (Å²) in [6.45, 7) is 1.71. The summed E-state index contributed by atoms with van der Waals surface area (Å²) >= 11 is 12.7. The van der Waals surface area contributed by atoms with Crippen molar-refractivity contribution in [3.63, 3.8) is 0 Å². The lowest BCUT2D eigenvalue weighted by atomic mass is 10.0. The fraction of sp³-hybridized carbons (Fsp3) is 0.231. The van der Waals surface area contributed by atoms with Crippen LogP contribution >= 0.6 is 23.2 Å². The minimum atomic E-state index is -0.869. The molecule has 8 heteroatoms. The first-order valence-electron chi connectivity index (χ1n) is 10.8. The molecule has 0 aliphatic carbocycles. The molecule has 0 bridgehead atoms. The number of nitrogens with zero attached hydrogens (tertiary/aromatic N) is 1. The van der Waals surface area contributed by atoms with Gasteiger partial charge in [-0.05, 0) is 36.8 Å². The van der Waals surface area contributed by atoms with E-state index in [0.717, 1.165) is 5.56 Å². The molecule has 0 radical (unpaired) electrons. The molecular formula is C26H25Cl2FN2O3. The van der Waals surface area contributed by atoms with E-state index < -0.39 is 24.4 Å². The molecular weight excluding hydrogens is 478 g/mol. The molecule has 3 aromatic rings. The number of likely N-dealkylation sites (N-methyl/N-ethyl adjacent to an activating group) is 1. The maximum atomic E-state index is 14.0. The summed E-state index contributed by atoms with van der Waals surface area (Å²) in [6.07, 6.45) is 0.264. The molecule has 0 fully saturated rings. The molecule has 178 valence electrons. The van der Waals surface area contributed by atoms with Gasteiger partial charge in [0.2, 0.25) is 5.91 Å². The molecule has 0 aromatic heterocycles. The summed E-state index contributed by atoms with van der Waals surface area (Å²) in [6, 6.07) is 19.3. The number of para-hydroxylation sites is 1. The summed E-state index contributed by atoms with van der Waals surface area (Å²) in [5.41, 5.74) is 1.38. The van der Waals surface area contributed by atoms with Gasteiger partial charge in [0.1, 0.15) is 6.04 Å². The van der Waals surface area contributed by atoms with E-state index in [1.165, 1.54) is 23.1 Å². The SMILES string of the molecule is CCNC(=O)[C@H](Cc1ccccc1)N(Cc1c(Cl)cccc1Cl)C(=O)COc1ccccc1F. The van der Waals surface area contributed by atoms with E-state index in [2.05, 4.69) is 5.32 Å². The maximum Gasteiger partial charge on any atom is 0.261 e. The summed E-state index contributed by atoms with van der Waals surface area (Å²) in [4.78, 5) is 27.9. The van der Waals surface area contributed by atoms with Crippen molar-refractivity contribution in [1.82, 2.24) is 10.2 Å². The van der Waals surface area contributed by atoms with Gasteiger partial charge in [-0.3, -0.25) is 9.59 Å². The van der Waals surface area contributed by atoms with E-state index in [0.29, 0.717) is 22.2 Å². The van der Waals surface area contributed by atoms with Crippen LogP contribution in [-0.4, -0.2) is 35.9 Å². The molecule has 3 rings (SSSR count). The Bertz CT molecular complexity index is 1110. The van der Waals surface area contributed by atoms with Crippen LogP contribution in [0.1, 0.15) is 18.1 Å². The predicted octanol–water partition coefficient (Wildman–Crippen LogP) is 5.29. The van der Waals surface area contributed by atoms with Gasteiger partial charge >= 0.3 is 0 Å². The van der Waals surface area contributed by atoms with Crippen molar-refractivity contribution in [3.05, 3.63) is 99.8 Å². The molecule has 34 heavy (non-hydrogen) atoms. The summed E-state index contributed by atoms with van der Waals surface area (Å²) in [5, 5.41) is 3.54. The molecule has 0 saturated carbocycles. The van der Waals surface area contributed by atoms with Crippen LogP contribution in [0.2, 0.25) is 10.0 Å². The van der Waals surface area contributed by atoms with Crippen LogP contribution in [0.25, 0.3) is 0 Å². The third-order valence-corrected chi connectivity index (χ3v) is 5.91. The monoisotopic (exact) mass is 502 g/mol. The van der Waals surface area contributed by atoms with E-state index in [1.807, 2.05) is 30.3 Å².